The van der Waals surface area contributed by atoms with E-state index in [4.69, 9.17) is 23.2 Å². The highest BCUT2D eigenvalue weighted by molar-refractivity contribution is 7.93. The van der Waals surface area contributed by atoms with E-state index in [1.54, 1.807) is 42.6 Å². The summed E-state index contributed by atoms with van der Waals surface area (Å²) in [6.07, 6.45) is 1.63. The average molecular weight is 472 g/mol. The minimum Gasteiger partial charge on any atom is -0.322 e. The normalized spacial score (nSPS) is 11.3. The molecular weight excluding hydrogens is 457 g/mol. The van der Waals surface area contributed by atoms with E-state index in [1.807, 2.05) is 12.1 Å². The van der Waals surface area contributed by atoms with Gasteiger partial charge in [0.05, 0.1) is 21.1 Å². The van der Waals surface area contributed by atoms with Gasteiger partial charge in [-0.2, -0.15) is 0 Å². The largest absolute Gasteiger partial charge is 0.322 e. The van der Waals surface area contributed by atoms with Crippen molar-refractivity contribution in [3.63, 3.8) is 0 Å². The Labute approximate surface area is 188 Å². The molecule has 0 atom stereocenters. The zero-order chi connectivity index (χ0) is 22.0. The lowest BCUT2D eigenvalue weighted by molar-refractivity contribution is 0.102. The van der Waals surface area contributed by atoms with Gasteiger partial charge in [0.25, 0.3) is 15.9 Å². The van der Waals surface area contributed by atoms with Crippen LogP contribution in [0.5, 0.6) is 0 Å². The number of fused-ring (bicyclic) bond motifs is 1. The molecule has 0 saturated carbocycles. The van der Waals surface area contributed by atoms with Gasteiger partial charge in [0, 0.05) is 23.0 Å². The van der Waals surface area contributed by atoms with Crippen molar-refractivity contribution < 1.29 is 13.2 Å². The van der Waals surface area contributed by atoms with Crippen LogP contribution in [0.1, 0.15) is 10.4 Å². The SMILES string of the molecule is O=C(Nc1ccc(NS(=O)(=O)c2c(Cl)cccc2Cl)cc1)c1cccc2cccnc12. The van der Waals surface area contributed by atoms with Crippen LogP contribution in [0.3, 0.4) is 0 Å². The van der Waals surface area contributed by atoms with Gasteiger partial charge in [0.2, 0.25) is 0 Å². The van der Waals surface area contributed by atoms with Crippen LogP contribution in [0.4, 0.5) is 11.4 Å². The lowest BCUT2D eigenvalue weighted by atomic mass is 10.1. The third-order valence-electron chi connectivity index (χ3n) is 4.46. The number of para-hydroxylation sites is 1. The summed E-state index contributed by atoms with van der Waals surface area (Å²) in [5.74, 6) is -0.319. The molecule has 0 aliphatic heterocycles. The molecule has 156 valence electrons. The smallest absolute Gasteiger partial charge is 0.264 e. The Morgan fingerprint density at radius 2 is 1.42 bits per heavy atom. The Bertz CT molecular complexity index is 1370. The van der Waals surface area contributed by atoms with Gasteiger partial charge in [-0.05, 0) is 48.5 Å². The summed E-state index contributed by atoms with van der Waals surface area (Å²) in [6, 6.07) is 19.7. The van der Waals surface area contributed by atoms with Crippen LogP contribution >= 0.6 is 23.2 Å². The maximum absolute atomic E-state index is 12.7. The Balaban J connectivity index is 1.53. The van der Waals surface area contributed by atoms with E-state index in [2.05, 4.69) is 15.0 Å². The molecule has 9 heteroatoms. The van der Waals surface area contributed by atoms with Gasteiger partial charge in [0.15, 0.2) is 0 Å². The molecule has 2 N–H and O–H groups in total. The predicted molar refractivity (Wildman–Crippen MR) is 123 cm³/mol. The summed E-state index contributed by atoms with van der Waals surface area (Å²) >= 11 is 12.0. The number of pyridine rings is 1. The van der Waals surface area contributed by atoms with Crippen molar-refractivity contribution in [2.24, 2.45) is 0 Å². The van der Waals surface area contributed by atoms with Crippen molar-refractivity contribution in [1.82, 2.24) is 4.98 Å². The van der Waals surface area contributed by atoms with E-state index >= 15 is 0 Å². The van der Waals surface area contributed by atoms with Crippen molar-refractivity contribution in [1.29, 1.82) is 0 Å². The average Bonchev–Trinajstić information content (AvgIpc) is 2.74. The maximum Gasteiger partial charge on any atom is 0.264 e. The topological polar surface area (TPSA) is 88.2 Å². The molecule has 0 fully saturated rings. The molecule has 4 aromatic rings. The van der Waals surface area contributed by atoms with Gasteiger partial charge in [-0.3, -0.25) is 14.5 Å². The zero-order valence-electron chi connectivity index (χ0n) is 15.8. The summed E-state index contributed by atoms with van der Waals surface area (Å²) in [5, 5.41) is 3.69. The third-order valence-corrected chi connectivity index (χ3v) is 6.80. The van der Waals surface area contributed by atoms with Crippen LogP contribution in [0.15, 0.2) is 83.9 Å². The highest BCUT2D eigenvalue weighted by Crippen LogP contribution is 2.30. The van der Waals surface area contributed by atoms with Gasteiger partial charge >= 0.3 is 0 Å². The molecule has 0 radical (unpaired) electrons. The highest BCUT2D eigenvalue weighted by atomic mass is 35.5. The molecule has 0 saturated heterocycles. The fourth-order valence-corrected chi connectivity index (χ4v) is 5.26. The molecule has 1 amide bonds. The second-order valence-electron chi connectivity index (χ2n) is 6.57. The maximum atomic E-state index is 12.7. The van der Waals surface area contributed by atoms with Crippen molar-refractivity contribution in [2.75, 3.05) is 10.0 Å². The van der Waals surface area contributed by atoms with Crippen molar-refractivity contribution in [3.05, 3.63) is 94.6 Å². The summed E-state index contributed by atoms with van der Waals surface area (Å²) in [7, 11) is -3.99. The number of amides is 1. The second kappa shape index (κ2) is 8.55. The zero-order valence-corrected chi connectivity index (χ0v) is 18.2. The molecule has 1 aromatic heterocycles. The monoisotopic (exact) mass is 471 g/mol. The van der Waals surface area contributed by atoms with Crippen LogP contribution in [0, 0.1) is 0 Å². The van der Waals surface area contributed by atoms with E-state index in [-0.39, 0.29) is 20.8 Å². The lowest BCUT2D eigenvalue weighted by Crippen LogP contribution is -2.15. The van der Waals surface area contributed by atoms with Crippen molar-refractivity contribution in [3.8, 4) is 0 Å². The predicted octanol–water partition coefficient (Wildman–Crippen LogP) is 5.59. The molecule has 1 heterocycles. The quantitative estimate of drug-likeness (QED) is 0.396. The minimum absolute atomic E-state index is 0.0209. The first-order chi connectivity index (χ1) is 14.8. The lowest BCUT2D eigenvalue weighted by Gasteiger charge is -2.12. The van der Waals surface area contributed by atoms with Crippen LogP contribution in [-0.4, -0.2) is 19.3 Å². The molecule has 4 rings (SSSR count). The van der Waals surface area contributed by atoms with E-state index in [1.165, 1.54) is 24.3 Å². The fraction of sp³-hybridized carbons (Fsp3) is 0. The number of rotatable bonds is 5. The number of hydrogen-bond acceptors (Lipinski definition) is 4. The highest BCUT2D eigenvalue weighted by Gasteiger charge is 2.21. The van der Waals surface area contributed by atoms with Crippen molar-refractivity contribution in [2.45, 2.75) is 4.90 Å². The van der Waals surface area contributed by atoms with Gasteiger partial charge < -0.3 is 5.32 Å². The number of halogens is 2. The Morgan fingerprint density at radius 1 is 0.806 bits per heavy atom. The van der Waals surface area contributed by atoms with E-state index in [9.17, 15) is 13.2 Å². The van der Waals surface area contributed by atoms with Crippen LogP contribution < -0.4 is 10.0 Å². The number of hydrogen-bond donors (Lipinski definition) is 2. The summed E-state index contributed by atoms with van der Waals surface area (Å²) in [4.78, 5) is 16.8. The van der Waals surface area contributed by atoms with Crippen LogP contribution in [0.2, 0.25) is 10.0 Å². The minimum atomic E-state index is -3.99. The third kappa shape index (κ3) is 4.49. The van der Waals surface area contributed by atoms with Gasteiger partial charge in [-0.25, -0.2) is 8.42 Å². The number of anilines is 2. The first kappa shape index (κ1) is 21.1. The number of nitrogens with zero attached hydrogens (tertiary/aromatic N) is 1. The first-order valence-corrected chi connectivity index (χ1v) is 11.3. The molecule has 0 aliphatic rings. The van der Waals surface area contributed by atoms with Gasteiger partial charge in [0.1, 0.15) is 4.90 Å². The molecule has 0 aliphatic carbocycles. The van der Waals surface area contributed by atoms with Crippen LogP contribution in [0.25, 0.3) is 10.9 Å². The molecule has 3 aromatic carbocycles. The second-order valence-corrected chi connectivity index (χ2v) is 9.00. The van der Waals surface area contributed by atoms with Crippen molar-refractivity contribution >= 4 is 61.4 Å². The summed E-state index contributed by atoms with van der Waals surface area (Å²) in [5.41, 5.74) is 1.83. The number of nitrogens with one attached hydrogen (secondary N) is 2. The molecular formula is C22H15Cl2N3O3S. The number of benzene rings is 3. The van der Waals surface area contributed by atoms with E-state index < -0.39 is 10.0 Å². The molecule has 0 spiro atoms. The molecule has 0 bridgehead atoms. The van der Waals surface area contributed by atoms with Crippen LogP contribution in [-0.2, 0) is 10.0 Å². The summed E-state index contributed by atoms with van der Waals surface area (Å²) < 4.78 is 27.8. The van der Waals surface area contributed by atoms with Gasteiger partial charge in [-0.1, -0.05) is 47.5 Å². The Morgan fingerprint density at radius 3 is 2.13 bits per heavy atom. The number of sulfonamides is 1. The van der Waals surface area contributed by atoms with Gasteiger partial charge in [-0.15, -0.1) is 0 Å². The molecule has 0 unspecified atom stereocenters. The van der Waals surface area contributed by atoms with E-state index in [0.29, 0.717) is 22.5 Å². The van der Waals surface area contributed by atoms with E-state index in [0.717, 1.165) is 5.39 Å². The number of carbonyl (C=O) groups is 1. The summed E-state index contributed by atoms with van der Waals surface area (Å²) in [6.45, 7) is 0. The Kier molecular flexibility index (Phi) is 5.82. The number of aromatic nitrogens is 1. The standard InChI is InChI=1S/C22H15Cl2N3O3S/c23-18-7-2-8-19(24)21(18)31(29,30)27-16-11-9-15(10-12-16)26-22(28)17-6-1-4-14-5-3-13-25-20(14)17/h1-13,27H,(H,26,28). The fourth-order valence-electron chi connectivity index (χ4n) is 3.05. The first-order valence-electron chi connectivity index (χ1n) is 9.07. The Hall–Kier alpha value is -3.13. The number of carbonyl (C=O) groups excluding carboxylic acids is 1. The molecule has 6 nitrogen and oxygen atoms in total. The molecule has 31 heavy (non-hydrogen) atoms.